The average Bonchev–Trinajstić information content (AvgIpc) is 3.12. The molecule has 2 N–H and O–H groups in total. The third-order valence-corrected chi connectivity index (χ3v) is 5.89. The second-order valence-electron chi connectivity index (χ2n) is 7.30. The highest BCUT2D eigenvalue weighted by Gasteiger charge is 2.24. The third kappa shape index (κ3) is 3.98. The lowest BCUT2D eigenvalue weighted by Crippen LogP contribution is -2.36. The number of hydrogen-bond donors (Lipinski definition) is 2. The van der Waals surface area contributed by atoms with Crippen LogP contribution < -0.4 is 4.74 Å². The summed E-state index contributed by atoms with van der Waals surface area (Å²) in [6, 6.07) is 13.7. The number of nitrogens with one attached hydrogen (secondary N) is 1. The van der Waals surface area contributed by atoms with E-state index in [-0.39, 0.29) is 0 Å². The van der Waals surface area contributed by atoms with Crippen LogP contribution in [0.4, 0.5) is 0 Å². The Bertz CT molecular complexity index is 898. The highest BCUT2D eigenvalue weighted by molar-refractivity contribution is 6.30. The Morgan fingerprint density at radius 3 is 2.63 bits per heavy atom. The molecular weight excluding hydrogens is 360 g/mol. The number of rotatable bonds is 5. The lowest BCUT2D eigenvalue weighted by Gasteiger charge is -2.33. The molecule has 3 aromatic rings. The minimum absolute atomic E-state index is 0.476. The number of halogens is 1. The Hall–Kier alpha value is -2.01. The zero-order valence-electron chi connectivity index (χ0n) is 15.5. The van der Waals surface area contributed by atoms with Gasteiger partial charge in [-0.15, -0.1) is 0 Å². The van der Waals surface area contributed by atoms with Crippen LogP contribution in [0.2, 0.25) is 5.02 Å². The molecule has 1 fully saturated rings. The average molecular weight is 385 g/mol. The number of methoxy groups -OCH3 is 1. The minimum Gasteiger partial charge on any atom is -0.497 e. The number of ether oxygens (including phenoxy) is 1. The van der Waals surface area contributed by atoms with Crippen molar-refractivity contribution in [3.63, 3.8) is 0 Å². The molecule has 1 atom stereocenters. The second-order valence-corrected chi connectivity index (χ2v) is 7.73. The van der Waals surface area contributed by atoms with Gasteiger partial charge in [-0.25, -0.2) is 0 Å². The largest absolute Gasteiger partial charge is 0.497 e. The van der Waals surface area contributed by atoms with Gasteiger partial charge < -0.3 is 19.7 Å². The van der Waals surface area contributed by atoms with E-state index in [9.17, 15) is 5.11 Å². The normalized spacial score (nSPS) is 17.3. The van der Waals surface area contributed by atoms with Crippen molar-refractivity contribution < 1.29 is 9.84 Å². The van der Waals surface area contributed by atoms with Crippen LogP contribution in [0.25, 0.3) is 10.9 Å². The maximum absolute atomic E-state index is 10.5. The van der Waals surface area contributed by atoms with Gasteiger partial charge in [0.25, 0.3) is 0 Å². The molecular formula is C22H25ClN2O2. The molecule has 4 rings (SSSR count). The lowest BCUT2D eigenvalue weighted by atomic mass is 9.89. The van der Waals surface area contributed by atoms with E-state index >= 15 is 0 Å². The van der Waals surface area contributed by atoms with Crippen molar-refractivity contribution in [1.82, 2.24) is 9.88 Å². The number of aliphatic hydroxyl groups is 1. The summed E-state index contributed by atoms with van der Waals surface area (Å²) in [6.45, 7) is 2.65. The van der Waals surface area contributed by atoms with Crippen LogP contribution >= 0.6 is 11.6 Å². The van der Waals surface area contributed by atoms with Crippen molar-refractivity contribution in [3.05, 3.63) is 64.8 Å². The number of aliphatic hydroxyl groups excluding tert-OH is 1. The summed E-state index contributed by atoms with van der Waals surface area (Å²) in [7, 11) is 1.71. The van der Waals surface area contributed by atoms with E-state index in [0.29, 0.717) is 17.5 Å². The summed E-state index contributed by atoms with van der Waals surface area (Å²) < 4.78 is 5.39. The zero-order valence-corrected chi connectivity index (χ0v) is 16.2. The van der Waals surface area contributed by atoms with Crippen LogP contribution in [-0.2, 0) is 0 Å². The van der Waals surface area contributed by atoms with Gasteiger partial charge in [-0.3, -0.25) is 0 Å². The van der Waals surface area contributed by atoms with Crippen LogP contribution in [0.3, 0.4) is 0 Å². The number of benzene rings is 2. The Kier molecular flexibility index (Phi) is 5.39. The van der Waals surface area contributed by atoms with E-state index in [1.807, 2.05) is 30.3 Å². The molecule has 4 nitrogen and oxygen atoms in total. The molecule has 1 unspecified atom stereocenters. The van der Waals surface area contributed by atoms with Gasteiger partial charge in [-0.1, -0.05) is 23.7 Å². The van der Waals surface area contributed by atoms with E-state index in [2.05, 4.69) is 28.2 Å². The SMILES string of the molecule is COc1ccc2[nH]cc(C3CCN(CC(O)c4ccc(Cl)cc4)CC3)c2c1. The van der Waals surface area contributed by atoms with E-state index in [1.165, 1.54) is 10.9 Å². The fourth-order valence-corrected chi connectivity index (χ4v) is 4.17. The number of nitrogens with zero attached hydrogens (tertiary/aromatic N) is 1. The fourth-order valence-electron chi connectivity index (χ4n) is 4.05. The number of β-amino-alcohol motifs (C(OH)–C–C–N with tert-alkyl or cyclic N) is 1. The molecule has 5 heteroatoms. The molecule has 142 valence electrons. The first kappa shape index (κ1) is 18.4. The summed E-state index contributed by atoms with van der Waals surface area (Å²) in [5, 5.41) is 12.5. The summed E-state index contributed by atoms with van der Waals surface area (Å²) in [5.41, 5.74) is 3.46. The number of hydrogen-bond acceptors (Lipinski definition) is 3. The number of fused-ring (bicyclic) bond motifs is 1. The quantitative estimate of drug-likeness (QED) is 0.667. The highest BCUT2D eigenvalue weighted by atomic mass is 35.5. The standard InChI is InChI=1S/C22H25ClN2O2/c1-27-18-6-7-21-19(12-18)20(13-24-21)15-8-10-25(11-9-15)14-22(26)16-2-4-17(23)5-3-16/h2-7,12-13,15,22,24,26H,8-11,14H2,1H3. The van der Waals surface area contributed by atoms with Crippen LogP contribution in [0, 0.1) is 0 Å². The smallest absolute Gasteiger partial charge is 0.119 e. The first-order chi connectivity index (χ1) is 13.1. The van der Waals surface area contributed by atoms with Gasteiger partial charge in [0.05, 0.1) is 13.2 Å². The third-order valence-electron chi connectivity index (χ3n) is 5.63. The van der Waals surface area contributed by atoms with Crippen molar-refractivity contribution in [2.24, 2.45) is 0 Å². The highest BCUT2D eigenvalue weighted by Crippen LogP contribution is 2.35. The van der Waals surface area contributed by atoms with Crippen molar-refractivity contribution in [3.8, 4) is 5.75 Å². The van der Waals surface area contributed by atoms with Crippen LogP contribution in [0.15, 0.2) is 48.7 Å². The number of aromatic amines is 1. The van der Waals surface area contributed by atoms with Crippen LogP contribution in [0.1, 0.15) is 36.0 Å². The maximum atomic E-state index is 10.5. The summed E-state index contributed by atoms with van der Waals surface area (Å²) in [4.78, 5) is 5.74. The second kappa shape index (κ2) is 7.93. The molecule has 1 aromatic heterocycles. The first-order valence-corrected chi connectivity index (χ1v) is 9.83. The van der Waals surface area contributed by atoms with Crippen molar-refractivity contribution in [2.75, 3.05) is 26.7 Å². The molecule has 0 radical (unpaired) electrons. The van der Waals surface area contributed by atoms with Crippen molar-refractivity contribution in [1.29, 1.82) is 0 Å². The summed E-state index contributed by atoms with van der Waals surface area (Å²) >= 11 is 5.93. The number of likely N-dealkylation sites (tertiary alicyclic amines) is 1. The first-order valence-electron chi connectivity index (χ1n) is 9.45. The number of H-pyrrole nitrogens is 1. The lowest BCUT2D eigenvalue weighted by molar-refractivity contribution is 0.0973. The molecule has 1 saturated heterocycles. The molecule has 0 spiro atoms. The molecule has 0 saturated carbocycles. The molecule has 1 aliphatic rings. The van der Waals surface area contributed by atoms with E-state index in [1.54, 1.807) is 7.11 Å². The Morgan fingerprint density at radius 2 is 1.93 bits per heavy atom. The van der Waals surface area contributed by atoms with Gasteiger partial charge in [0.15, 0.2) is 0 Å². The Morgan fingerprint density at radius 1 is 1.19 bits per heavy atom. The predicted octanol–water partition coefficient (Wildman–Crippen LogP) is 4.74. The maximum Gasteiger partial charge on any atom is 0.119 e. The van der Waals surface area contributed by atoms with Gasteiger partial charge in [-0.05, 0) is 73.3 Å². The van der Waals surface area contributed by atoms with Gasteiger partial charge in [0, 0.05) is 28.7 Å². The Labute approximate surface area is 164 Å². The minimum atomic E-state index is -0.476. The number of piperidine rings is 1. The summed E-state index contributed by atoms with van der Waals surface area (Å²) in [6.07, 6.45) is 3.86. The molecule has 27 heavy (non-hydrogen) atoms. The summed E-state index contributed by atoms with van der Waals surface area (Å²) in [5.74, 6) is 1.43. The van der Waals surface area contributed by atoms with Gasteiger partial charge >= 0.3 is 0 Å². The van der Waals surface area contributed by atoms with E-state index < -0.39 is 6.10 Å². The molecule has 0 amide bonds. The van der Waals surface area contributed by atoms with E-state index in [0.717, 1.165) is 42.8 Å². The van der Waals surface area contributed by atoms with Gasteiger partial charge in [0.1, 0.15) is 5.75 Å². The van der Waals surface area contributed by atoms with Crippen molar-refractivity contribution in [2.45, 2.75) is 24.9 Å². The zero-order chi connectivity index (χ0) is 18.8. The Balaban J connectivity index is 1.39. The van der Waals surface area contributed by atoms with Gasteiger partial charge in [-0.2, -0.15) is 0 Å². The molecule has 1 aliphatic heterocycles. The molecule has 2 aromatic carbocycles. The monoisotopic (exact) mass is 384 g/mol. The number of aromatic nitrogens is 1. The topological polar surface area (TPSA) is 48.5 Å². The molecule has 2 heterocycles. The van der Waals surface area contributed by atoms with Crippen LogP contribution in [-0.4, -0.2) is 41.7 Å². The molecule has 0 aliphatic carbocycles. The van der Waals surface area contributed by atoms with Crippen LogP contribution in [0.5, 0.6) is 5.75 Å². The fraction of sp³-hybridized carbons (Fsp3) is 0.364. The van der Waals surface area contributed by atoms with E-state index in [4.69, 9.17) is 16.3 Å². The predicted molar refractivity (Wildman–Crippen MR) is 110 cm³/mol. The van der Waals surface area contributed by atoms with Crippen molar-refractivity contribution >= 4 is 22.5 Å². The van der Waals surface area contributed by atoms with Gasteiger partial charge in [0.2, 0.25) is 0 Å². The molecule has 0 bridgehead atoms.